The standard InChI is InChI=1S/C18H15ClF2N4O2S/c19-12-4-3-5-14(8-12)26-11-25-10-13(9-22-25)23-18(28)24-15-6-1-2-7-16(15)27-17(20)21/h1-10,17H,11H2,(H2,23,24,28). The van der Waals surface area contributed by atoms with Crippen molar-refractivity contribution >= 4 is 40.3 Å². The SMILES string of the molecule is FC(F)Oc1ccccc1NC(=S)Nc1cnn(COc2cccc(Cl)c2)c1. The molecule has 0 aliphatic heterocycles. The number of ether oxygens (including phenoxy) is 2. The number of alkyl halides is 2. The maximum Gasteiger partial charge on any atom is 0.387 e. The molecule has 6 nitrogen and oxygen atoms in total. The van der Waals surface area contributed by atoms with Crippen molar-refractivity contribution in [3.63, 3.8) is 0 Å². The van der Waals surface area contributed by atoms with Gasteiger partial charge in [0.1, 0.15) is 11.5 Å². The average Bonchev–Trinajstić information content (AvgIpc) is 3.08. The van der Waals surface area contributed by atoms with Gasteiger partial charge in [0, 0.05) is 5.02 Å². The first-order valence-corrected chi connectivity index (χ1v) is 8.81. The molecule has 0 unspecified atom stereocenters. The fraction of sp³-hybridized carbons (Fsp3) is 0.111. The number of rotatable bonds is 7. The molecule has 0 amide bonds. The van der Waals surface area contributed by atoms with Crippen LogP contribution < -0.4 is 20.1 Å². The Morgan fingerprint density at radius 1 is 1.18 bits per heavy atom. The minimum absolute atomic E-state index is 0.00716. The first kappa shape index (κ1) is 19.8. The zero-order chi connectivity index (χ0) is 19.9. The van der Waals surface area contributed by atoms with E-state index in [1.54, 1.807) is 59.5 Å². The third-order valence-corrected chi connectivity index (χ3v) is 3.84. The number of nitrogens with zero attached hydrogens (tertiary/aromatic N) is 2. The van der Waals surface area contributed by atoms with E-state index in [4.69, 9.17) is 28.6 Å². The fourth-order valence-corrected chi connectivity index (χ4v) is 2.66. The summed E-state index contributed by atoms with van der Waals surface area (Å²) in [7, 11) is 0. The molecular formula is C18H15ClF2N4O2S. The zero-order valence-corrected chi connectivity index (χ0v) is 15.9. The summed E-state index contributed by atoms with van der Waals surface area (Å²) < 4.78 is 36.6. The van der Waals surface area contributed by atoms with Gasteiger partial charge in [0.25, 0.3) is 0 Å². The summed E-state index contributed by atoms with van der Waals surface area (Å²) in [5.74, 6) is 0.609. The van der Waals surface area contributed by atoms with Gasteiger partial charge >= 0.3 is 6.61 Å². The van der Waals surface area contributed by atoms with Crippen molar-refractivity contribution in [3.05, 3.63) is 65.9 Å². The van der Waals surface area contributed by atoms with Crippen LogP contribution in [0, 0.1) is 0 Å². The quantitative estimate of drug-likeness (QED) is 0.521. The van der Waals surface area contributed by atoms with E-state index in [0.29, 0.717) is 22.1 Å². The molecule has 1 aromatic heterocycles. The molecule has 0 saturated heterocycles. The number of halogens is 3. The van der Waals surface area contributed by atoms with Gasteiger partial charge in [-0.05, 0) is 42.5 Å². The summed E-state index contributed by atoms with van der Waals surface area (Å²) in [6.07, 6.45) is 3.23. The van der Waals surface area contributed by atoms with Crippen molar-refractivity contribution in [3.8, 4) is 11.5 Å². The highest BCUT2D eigenvalue weighted by molar-refractivity contribution is 7.80. The van der Waals surface area contributed by atoms with Crippen LogP contribution in [0.15, 0.2) is 60.9 Å². The predicted octanol–water partition coefficient (Wildman–Crippen LogP) is 4.98. The number of aromatic nitrogens is 2. The van der Waals surface area contributed by atoms with Crippen molar-refractivity contribution in [1.82, 2.24) is 9.78 Å². The molecule has 0 atom stereocenters. The molecule has 3 rings (SSSR count). The van der Waals surface area contributed by atoms with E-state index in [9.17, 15) is 8.78 Å². The van der Waals surface area contributed by atoms with E-state index in [0.717, 1.165) is 0 Å². The Morgan fingerprint density at radius 2 is 2.00 bits per heavy atom. The molecule has 0 radical (unpaired) electrons. The van der Waals surface area contributed by atoms with Gasteiger partial charge in [-0.15, -0.1) is 0 Å². The molecule has 146 valence electrons. The Morgan fingerprint density at radius 3 is 2.79 bits per heavy atom. The highest BCUT2D eigenvalue weighted by atomic mass is 35.5. The number of anilines is 2. The molecular weight excluding hydrogens is 410 g/mol. The van der Waals surface area contributed by atoms with E-state index < -0.39 is 6.61 Å². The maximum absolute atomic E-state index is 12.5. The summed E-state index contributed by atoms with van der Waals surface area (Å²) in [6.45, 7) is -2.75. The van der Waals surface area contributed by atoms with Gasteiger partial charge in [0.05, 0.1) is 23.8 Å². The minimum atomic E-state index is -2.93. The summed E-state index contributed by atoms with van der Waals surface area (Å²) in [6, 6.07) is 13.3. The largest absolute Gasteiger partial charge is 0.471 e. The number of hydrogen-bond acceptors (Lipinski definition) is 4. The Balaban J connectivity index is 1.55. The van der Waals surface area contributed by atoms with Crippen LogP contribution >= 0.6 is 23.8 Å². The second kappa shape index (κ2) is 9.34. The normalized spacial score (nSPS) is 10.6. The van der Waals surface area contributed by atoms with Gasteiger partial charge in [-0.25, -0.2) is 4.68 Å². The van der Waals surface area contributed by atoms with Crippen LogP contribution in [-0.2, 0) is 6.73 Å². The smallest absolute Gasteiger partial charge is 0.387 e. The molecule has 10 heteroatoms. The lowest BCUT2D eigenvalue weighted by Crippen LogP contribution is -2.19. The van der Waals surface area contributed by atoms with Gasteiger partial charge in [-0.1, -0.05) is 29.8 Å². The first-order valence-electron chi connectivity index (χ1n) is 8.02. The van der Waals surface area contributed by atoms with Crippen molar-refractivity contribution in [2.75, 3.05) is 10.6 Å². The molecule has 2 N–H and O–H groups in total. The molecule has 28 heavy (non-hydrogen) atoms. The van der Waals surface area contributed by atoms with Crippen molar-refractivity contribution < 1.29 is 18.3 Å². The van der Waals surface area contributed by atoms with Crippen LogP contribution in [0.2, 0.25) is 5.02 Å². The van der Waals surface area contributed by atoms with Gasteiger partial charge in [0.2, 0.25) is 0 Å². The summed E-state index contributed by atoms with van der Waals surface area (Å²) in [5, 5.41) is 10.7. The van der Waals surface area contributed by atoms with Gasteiger partial charge in [-0.2, -0.15) is 13.9 Å². The summed E-state index contributed by atoms with van der Waals surface area (Å²) in [5.41, 5.74) is 0.913. The lowest BCUT2D eigenvalue weighted by molar-refractivity contribution is -0.0493. The minimum Gasteiger partial charge on any atom is -0.471 e. The van der Waals surface area contributed by atoms with Crippen LogP contribution in [0.25, 0.3) is 0 Å². The lowest BCUT2D eigenvalue weighted by Gasteiger charge is -2.13. The van der Waals surface area contributed by atoms with Crippen molar-refractivity contribution in [2.45, 2.75) is 13.3 Å². The van der Waals surface area contributed by atoms with E-state index >= 15 is 0 Å². The Labute approximate surface area is 170 Å². The Kier molecular flexibility index (Phi) is 6.62. The molecule has 0 saturated carbocycles. The second-order valence-corrected chi connectivity index (χ2v) is 6.30. The Bertz CT molecular complexity index is 955. The number of thiocarbonyl (C=S) groups is 1. The molecule has 0 spiro atoms. The summed E-state index contributed by atoms with van der Waals surface area (Å²) in [4.78, 5) is 0. The third kappa shape index (κ3) is 5.80. The topological polar surface area (TPSA) is 60.3 Å². The number of benzene rings is 2. The average molecular weight is 425 g/mol. The monoisotopic (exact) mass is 424 g/mol. The zero-order valence-electron chi connectivity index (χ0n) is 14.3. The second-order valence-electron chi connectivity index (χ2n) is 5.45. The fourth-order valence-electron chi connectivity index (χ4n) is 2.25. The lowest BCUT2D eigenvalue weighted by atomic mass is 10.3. The predicted molar refractivity (Wildman–Crippen MR) is 107 cm³/mol. The molecule has 2 aromatic carbocycles. The van der Waals surface area contributed by atoms with E-state index in [2.05, 4.69) is 20.5 Å². The highest BCUT2D eigenvalue weighted by Gasteiger charge is 2.10. The third-order valence-electron chi connectivity index (χ3n) is 3.40. The molecule has 1 heterocycles. The number of para-hydroxylation sites is 2. The van der Waals surface area contributed by atoms with Crippen molar-refractivity contribution in [2.24, 2.45) is 0 Å². The molecule has 0 aliphatic carbocycles. The van der Waals surface area contributed by atoms with Crippen LogP contribution in [0.4, 0.5) is 20.2 Å². The van der Waals surface area contributed by atoms with Crippen LogP contribution in [-0.4, -0.2) is 21.5 Å². The van der Waals surface area contributed by atoms with E-state index in [-0.39, 0.29) is 17.6 Å². The van der Waals surface area contributed by atoms with Crippen LogP contribution in [0.3, 0.4) is 0 Å². The molecule has 0 fully saturated rings. The number of nitrogens with one attached hydrogen (secondary N) is 2. The molecule has 0 bridgehead atoms. The Hall–Kier alpha value is -2.91. The van der Waals surface area contributed by atoms with Crippen molar-refractivity contribution in [1.29, 1.82) is 0 Å². The summed E-state index contributed by atoms with van der Waals surface area (Å²) >= 11 is 11.1. The van der Waals surface area contributed by atoms with Crippen LogP contribution in [0.1, 0.15) is 0 Å². The molecule has 0 aliphatic rings. The highest BCUT2D eigenvalue weighted by Crippen LogP contribution is 2.25. The molecule has 3 aromatic rings. The van der Waals surface area contributed by atoms with Gasteiger partial charge < -0.3 is 20.1 Å². The van der Waals surface area contributed by atoms with Gasteiger partial charge in [-0.3, -0.25) is 0 Å². The first-order chi connectivity index (χ1) is 13.5. The van der Waals surface area contributed by atoms with E-state index in [1.807, 2.05) is 0 Å². The van der Waals surface area contributed by atoms with Gasteiger partial charge in [0.15, 0.2) is 11.8 Å². The number of hydrogen-bond donors (Lipinski definition) is 2. The van der Waals surface area contributed by atoms with E-state index in [1.165, 1.54) is 6.07 Å². The maximum atomic E-state index is 12.5. The van der Waals surface area contributed by atoms with Crippen LogP contribution in [0.5, 0.6) is 11.5 Å².